The SMILES string of the molecule is CC/C(=N\OCCOc1cccc(CC(=O)O)c1F)c1ccc(-c2ccsc2)cc1. The number of hydrogen-bond acceptors (Lipinski definition) is 5. The molecule has 0 bridgehead atoms. The third-order valence-corrected chi connectivity index (χ3v) is 5.08. The van der Waals surface area contributed by atoms with Gasteiger partial charge in [-0.05, 0) is 46.0 Å². The summed E-state index contributed by atoms with van der Waals surface area (Å²) in [7, 11) is 0. The van der Waals surface area contributed by atoms with Crippen molar-refractivity contribution in [1.29, 1.82) is 0 Å². The van der Waals surface area contributed by atoms with Crippen LogP contribution in [-0.2, 0) is 16.1 Å². The zero-order valence-corrected chi connectivity index (χ0v) is 17.3. The van der Waals surface area contributed by atoms with E-state index < -0.39 is 18.2 Å². The van der Waals surface area contributed by atoms with Crippen LogP contribution >= 0.6 is 11.3 Å². The summed E-state index contributed by atoms with van der Waals surface area (Å²) in [5, 5.41) is 17.2. The van der Waals surface area contributed by atoms with Gasteiger partial charge in [0.05, 0.1) is 12.1 Å². The summed E-state index contributed by atoms with van der Waals surface area (Å²) in [6, 6.07) is 14.7. The van der Waals surface area contributed by atoms with Crippen LogP contribution in [0.5, 0.6) is 5.75 Å². The molecule has 0 atom stereocenters. The topological polar surface area (TPSA) is 68.1 Å². The van der Waals surface area contributed by atoms with Gasteiger partial charge in [0.15, 0.2) is 18.2 Å². The molecule has 7 heteroatoms. The molecule has 0 saturated heterocycles. The van der Waals surface area contributed by atoms with Crippen molar-refractivity contribution in [2.24, 2.45) is 5.16 Å². The second kappa shape index (κ2) is 10.5. The molecule has 0 amide bonds. The van der Waals surface area contributed by atoms with Gasteiger partial charge >= 0.3 is 5.97 Å². The minimum atomic E-state index is -1.10. The summed E-state index contributed by atoms with van der Waals surface area (Å²) in [5.41, 5.74) is 4.20. The number of aliphatic carboxylic acids is 1. The third kappa shape index (κ3) is 5.67. The number of nitrogens with zero attached hydrogens (tertiary/aromatic N) is 1. The molecule has 0 aliphatic heterocycles. The van der Waals surface area contributed by atoms with Crippen molar-refractivity contribution in [2.45, 2.75) is 19.8 Å². The Hall–Kier alpha value is -3.19. The summed E-state index contributed by atoms with van der Waals surface area (Å²) < 4.78 is 19.6. The first-order valence-electron chi connectivity index (χ1n) is 9.52. The predicted molar refractivity (Wildman–Crippen MR) is 116 cm³/mol. The predicted octanol–water partition coefficient (Wildman–Crippen LogP) is 5.39. The molecule has 0 aliphatic rings. The number of ether oxygens (including phenoxy) is 1. The van der Waals surface area contributed by atoms with E-state index in [-0.39, 0.29) is 24.5 Å². The molecule has 156 valence electrons. The van der Waals surface area contributed by atoms with E-state index in [0.29, 0.717) is 6.42 Å². The Kier molecular flexibility index (Phi) is 7.57. The molecule has 3 rings (SSSR count). The van der Waals surface area contributed by atoms with Gasteiger partial charge in [-0.2, -0.15) is 11.3 Å². The number of oxime groups is 1. The van der Waals surface area contributed by atoms with Gasteiger partial charge in [-0.3, -0.25) is 4.79 Å². The van der Waals surface area contributed by atoms with Crippen LogP contribution in [0.25, 0.3) is 11.1 Å². The van der Waals surface area contributed by atoms with Gasteiger partial charge in [-0.25, -0.2) is 4.39 Å². The van der Waals surface area contributed by atoms with Gasteiger partial charge in [-0.15, -0.1) is 0 Å². The lowest BCUT2D eigenvalue weighted by Crippen LogP contribution is -2.09. The van der Waals surface area contributed by atoms with Crippen LogP contribution in [0.2, 0.25) is 0 Å². The van der Waals surface area contributed by atoms with E-state index in [4.69, 9.17) is 14.7 Å². The van der Waals surface area contributed by atoms with Crippen molar-refractivity contribution in [1.82, 2.24) is 0 Å². The summed E-state index contributed by atoms with van der Waals surface area (Å²) in [6.45, 7) is 2.22. The fraction of sp³-hybridized carbons (Fsp3) is 0.217. The van der Waals surface area contributed by atoms with E-state index in [1.807, 2.05) is 24.4 Å². The first kappa shape index (κ1) is 21.5. The number of carboxylic acid groups (broad SMARTS) is 1. The zero-order valence-electron chi connectivity index (χ0n) is 16.5. The lowest BCUT2D eigenvalue weighted by Gasteiger charge is -2.09. The van der Waals surface area contributed by atoms with Gasteiger partial charge in [0.2, 0.25) is 0 Å². The average molecular weight is 427 g/mol. The highest BCUT2D eigenvalue weighted by Crippen LogP contribution is 2.23. The minimum absolute atomic E-state index is 0.000985. The Morgan fingerprint density at radius 1 is 1.10 bits per heavy atom. The lowest BCUT2D eigenvalue weighted by atomic mass is 10.0. The highest BCUT2D eigenvalue weighted by Gasteiger charge is 2.12. The maximum atomic E-state index is 14.2. The minimum Gasteiger partial charge on any atom is -0.487 e. The van der Waals surface area contributed by atoms with Crippen LogP contribution in [0.15, 0.2) is 64.4 Å². The number of hydrogen-bond donors (Lipinski definition) is 1. The van der Waals surface area contributed by atoms with E-state index in [9.17, 15) is 9.18 Å². The molecule has 0 aliphatic carbocycles. The smallest absolute Gasteiger partial charge is 0.307 e. The van der Waals surface area contributed by atoms with Crippen LogP contribution in [0.4, 0.5) is 4.39 Å². The zero-order chi connectivity index (χ0) is 21.3. The first-order chi connectivity index (χ1) is 14.6. The maximum absolute atomic E-state index is 14.2. The highest BCUT2D eigenvalue weighted by atomic mass is 32.1. The van der Waals surface area contributed by atoms with Crippen LogP contribution in [0.1, 0.15) is 24.5 Å². The number of thiophene rings is 1. The Bertz CT molecular complexity index is 1000. The first-order valence-corrected chi connectivity index (χ1v) is 10.5. The molecule has 1 heterocycles. The largest absolute Gasteiger partial charge is 0.487 e. The Morgan fingerprint density at radius 2 is 1.90 bits per heavy atom. The number of rotatable bonds is 10. The van der Waals surface area contributed by atoms with Crippen molar-refractivity contribution < 1.29 is 23.9 Å². The van der Waals surface area contributed by atoms with Crippen molar-refractivity contribution in [3.8, 4) is 16.9 Å². The fourth-order valence-corrected chi connectivity index (χ4v) is 3.55. The number of halogens is 1. The van der Waals surface area contributed by atoms with Crippen LogP contribution < -0.4 is 4.74 Å². The van der Waals surface area contributed by atoms with Crippen LogP contribution in [-0.4, -0.2) is 30.0 Å². The molecule has 1 N–H and O–H groups in total. The average Bonchev–Trinajstić information content (AvgIpc) is 3.28. The van der Waals surface area contributed by atoms with Crippen molar-refractivity contribution >= 4 is 23.0 Å². The van der Waals surface area contributed by atoms with E-state index in [1.165, 1.54) is 17.7 Å². The molecule has 5 nitrogen and oxygen atoms in total. The summed E-state index contributed by atoms with van der Waals surface area (Å²) in [5.74, 6) is -1.76. The number of carboxylic acids is 1. The molecular formula is C23H22FNO4S. The Morgan fingerprint density at radius 3 is 2.57 bits per heavy atom. The molecule has 0 spiro atoms. The normalized spacial score (nSPS) is 11.3. The number of carbonyl (C=O) groups is 1. The van der Waals surface area contributed by atoms with Gasteiger partial charge < -0.3 is 14.7 Å². The van der Waals surface area contributed by atoms with Crippen molar-refractivity contribution in [3.63, 3.8) is 0 Å². The highest BCUT2D eigenvalue weighted by molar-refractivity contribution is 7.08. The van der Waals surface area contributed by atoms with E-state index in [1.54, 1.807) is 17.4 Å². The molecule has 0 saturated carbocycles. The van der Waals surface area contributed by atoms with Gasteiger partial charge in [0.1, 0.15) is 6.61 Å². The van der Waals surface area contributed by atoms with Gasteiger partial charge in [0, 0.05) is 5.56 Å². The second-order valence-corrected chi connectivity index (χ2v) is 7.24. The molecule has 30 heavy (non-hydrogen) atoms. The summed E-state index contributed by atoms with van der Waals surface area (Å²) in [4.78, 5) is 16.1. The molecule has 3 aromatic rings. The monoisotopic (exact) mass is 427 g/mol. The molecule has 0 radical (unpaired) electrons. The third-order valence-electron chi connectivity index (χ3n) is 4.40. The standard InChI is InChI=1S/C23H22FNO4S/c1-2-20(17-8-6-16(7-9-17)19-10-13-30-15-19)25-29-12-11-28-21-5-3-4-18(23(21)24)14-22(26)27/h3-10,13,15H,2,11-12,14H2,1H3,(H,26,27)/b25-20+. The summed E-state index contributed by atoms with van der Waals surface area (Å²) in [6.07, 6.45) is 0.305. The molecule has 1 aromatic heterocycles. The molecular weight excluding hydrogens is 405 g/mol. The van der Waals surface area contributed by atoms with Crippen LogP contribution in [0.3, 0.4) is 0 Å². The maximum Gasteiger partial charge on any atom is 0.307 e. The van der Waals surface area contributed by atoms with Gasteiger partial charge in [0.25, 0.3) is 0 Å². The van der Waals surface area contributed by atoms with E-state index >= 15 is 0 Å². The Balaban J connectivity index is 1.54. The molecule has 0 unspecified atom stereocenters. The lowest BCUT2D eigenvalue weighted by molar-refractivity contribution is -0.136. The Labute approximate surface area is 178 Å². The quantitative estimate of drug-likeness (QED) is 0.268. The van der Waals surface area contributed by atoms with E-state index in [2.05, 4.69) is 28.7 Å². The van der Waals surface area contributed by atoms with Crippen LogP contribution in [0, 0.1) is 5.82 Å². The molecule has 0 fully saturated rings. The molecule has 2 aromatic carbocycles. The van der Waals surface area contributed by atoms with Crippen molar-refractivity contribution in [2.75, 3.05) is 13.2 Å². The van der Waals surface area contributed by atoms with Crippen molar-refractivity contribution in [3.05, 3.63) is 76.2 Å². The second-order valence-electron chi connectivity index (χ2n) is 6.46. The van der Waals surface area contributed by atoms with Gasteiger partial charge in [-0.1, -0.05) is 48.5 Å². The fourth-order valence-electron chi connectivity index (χ4n) is 2.88. The summed E-state index contributed by atoms with van der Waals surface area (Å²) >= 11 is 1.66. The van der Waals surface area contributed by atoms with E-state index in [0.717, 1.165) is 16.8 Å². The number of benzene rings is 2.